The molecule has 5 aromatic rings. The highest BCUT2D eigenvalue weighted by atomic mass is 79.9. The molecule has 1 aromatic heterocycles. The predicted molar refractivity (Wildman–Crippen MR) is 137 cm³/mol. The van der Waals surface area contributed by atoms with Gasteiger partial charge in [0.05, 0.1) is 11.6 Å². The molecule has 0 atom stereocenters. The minimum Gasteiger partial charge on any atom is -0.497 e. The average Bonchev–Trinajstić information content (AvgIpc) is 3.28. The lowest BCUT2D eigenvalue weighted by Gasteiger charge is -2.36. The molecular weight excluding hydrogens is 472 g/mol. The molecule has 0 N–H and O–H groups in total. The fraction of sp³-hybridized carbons (Fsp3) is 0.0690. The third-order valence-corrected chi connectivity index (χ3v) is 6.53. The summed E-state index contributed by atoms with van der Waals surface area (Å²) in [7, 11) is 1.67. The average molecular weight is 495 g/mol. The monoisotopic (exact) mass is 494 g/mol. The van der Waals surface area contributed by atoms with Gasteiger partial charge in [0.1, 0.15) is 17.0 Å². The van der Waals surface area contributed by atoms with Crippen LogP contribution >= 0.6 is 15.9 Å². The number of benzene rings is 4. The van der Waals surface area contributed by atoms with Gasteiger partial charge in [0, 0.05) is 11.8 Å². The third-order valence-electron chi connectivity index (χ3n) is 5.95. The molecule has 3 nitrogen and oxygen atoms in total. The van der Waals surface area contributed by atoms with Gasteiger partial charge >= 0.3 is 0 Å². The molecule has 0 saturated heterocycles. The molecule has 0 bridgehead atoms. The third kappa shape index (κ3) is 3.77. The van der Waals surface area contributed by atoms with Gasteiger partial charge in [-0.3, -0.25) is 4.68 Å². The van der Waals surface area contributed by atoms with Gasteiger partial charge in [0.2, 0.25) is 0 Å². The van der Waals surface area contributed by atoms with Gasteiger partial charge in [0.25, 0.3) is 0 Å². The smallest absolute Gasteiger partial charge is 0.138 e. The zero-order valence-corrected chi connectivity index (χ0v) is 19.8. The molecule has 0 spiro atoms. The van der Waals surface area contributed by atoms with Gasteiger partial charge in [-0.05, 0) is 56.9 Å². The van der Waals surface area contributed by atoms with Crippen LogP contribution in [0.25, 0.3) is 11.3 Å². The van der Waals surface area contributed by atoms with E-state index >= 15 is 0 Å². The Balaban J connectivity index is 1.80. The standard InChI is InChI=1S/C29H23BrN2O/c1-33-26-19-17-22(18-20-26)28-27(30)21-32(31-28)29(23-11-5-2-6-12-23,24-13-7-3-8-14-24)25-15-9-4-10-16-25/h2-21H,1H3. The first-order valence-electron chi connectivity index (χ1n) is 10.8. The van der Waals surface area contributed by atoms with E-state index in [-0.39, 0.29) is 0 Å². The number of nitrogens with zero attached hydrogens (tertiary/aromatic N) is 2. The second kappa shape index (κ2) is 9.08. The van der Waals surface area contributed by atoms with Crippen LogP contribution in [0.5, 0.6) is 5.75 Å². The quantitative estimate of drug-likeness (QED) is 0.234. The summed E-state index contributed by atoms with van der Waals surface area (Å²) in [5.74, 6) is 0.821. The summed E-state index contributed by atoms with van der Waals surface area (Å²) in [6, 6.07) is 39.6. The maximum absolute atomic E-state index is 5.33. The first-order chi connectivity index (χ1) is 16.2. The van der Waals surface area contributed by atoms with Gasteiger partial charge in [-0.15, -0.1) is 0 Å². The van der Waals surface area contributed by atoms with Gasteiger partial charge in [0.15, 0.2) is 0 Å². The molecule has 33 heavy (non-hydrogen) atoms. The Morgan fingerprint density at radius 1 is 0.667 bits per heavy atom. The minimum atomic E-state index is -0.642. The van der Waals surface area contributed by atoms with Gasteiger partial charge in [-0.1, -0.05) is 91.0 Å². The molecule has 4 aromatic carbocycles. The van der Waals surface area contributed by atoms with E-state index in [1.807, 2.05) is 42.5 Å². The summed E-state index contributed by atoms with van der Waals surface area (Å²) < 4.78 is 8.34. The number of aromatic nitrogens is 2. The number of methoxy groups -OCH3 is 1. The zero-order valence-electron chi connectivity index (χ0n) is 18.2. The van der Waals surface area contributed by atoms with Gasteiger partial charge < -0.3 is 4.74 Å². The van der Waals surface area contributed by atoms with Crippen molar-refractivity contribution in [3.05, 3.63) is 143 Å². The largest absolute Gasteiger partial charge is 0.497 e. The number of hydrogen-bond donors (Lipinski definition) is 0. The van der Waals surface area contributed by atoms with Crippen molar-refractivity contribution in [3.8, 4) is 17.0 Å². The molecule has 0 aliphatic heterocycles. The molecule has 0 radical (unpaired) electrons. The van der Waals surface area contributed by atoms with E-state index in [1.165, 1.54) is 0 Å². The van der Waals surface area contributed by atoms with Crippen LogP contribution in [0, 0.1) is 0 Å². The van der Waals surface area contributed by atoms with Crippen LogP contribution in [0.2, 0.25) is 0 Å². The highest BCUT2D eigenvalue weighted by Gasteiger charge is 2.39. The van der Waals surface area contributed by atoms with Crippen molar-refractivity contribution in [1.29, 1.82) is 0 Å². The van der Waals surface area contributed by atoms with E-state index < -0.39 is 5.54 Å². The second-order valence-electron chi connectivity index (χ2n) is 7.81. The molecule has 5 rings (SSSR count). The molecular formula is C29H23BrN2O. The maximum atomic E-state index is 5.33. The topological polar surface area (TPSA) is 27.1 Å². The number of rotatable bonds is 6. The molecule has 0 unspecified atom stereocenters. The van der Waals surface area contributed by atoms with Gasteiger partial charge in [-0.25, -0.2) is 0 Å². The summed E-state index contributed by atoms with van der Waals surface area (Å²) in [5, 5.41) is 5.17. The highest BCUT2D eigenvalue weighted by molar-refractivity contribution is 9.10. The Morgan fingerprint density at radius 3 is 1.55 bits per heavy atom. The Hall–Kier alpha value is -3.63. The van der Waals surface area contributed by atoms with Crippen LogP contribution in [0.1, 0.15) is 16.7 Å². The molecule has 0 amide bonds. The van der Waals surface area contributed by atoms with Crippen LogP contribution in [-0.2, 0) is 5.54 Å². The molecule has 0 fully saturated rings. The predicted octanol–water partition coefficient (Wildman–Crippen LogP) is 7.16. The molecule has 0 aliphatic rings. The molecule has 0 aliphatic carbocycles. The van der Waals surface area contributed by atoms with E-state index in [1.54, 1.807) is 7.11 Å². The number of hydrogen-bond acceptors (Lipinski definition) is 2. The van der Waals surface area contributed by atoms with E-state index in [9.17, 15) is 0 Å². The van der Waals surface area contributed by atoms with Crippen LogP contribution in [0.3, 0.4) is 0 Å². The van der Waals surface area contributed by atoms with E-state index in [0.29, 0.717) is 0 Å². The van der Waals surface area contributed by atoms with E-state index in [0.717, 1.165) is 38.2 Å². The lowest BCUT2D eigenvalue weighted by molar-refractivity contribution is 0.415. The van der Waals surface area contributed by atoms with E-state index in [4.69, 9.17) is 9.84 Å². The molecule has 0 saturated carbocycles. The lowest BCUT2D eigenvalue weighted by atomic mass is 9.77. The fourth-order valence-electron chi connectivity index (χ4n) is 4.40. The molecule has 4 heteroatoms. The van der Waals surface area contributed by atoms with E-state index in [2.05, 4.69) is 99.6 Å². The normalized spacial score (nSPS) is 11.3. The SMILES string of the molecule is COc1ccc(-c2nn(C(c3ccccc3)(c3ccccc3)c3ccccc3)cc2Br)cc1. The molecule has 162 valence electrons. The Labute approximate surface area is 202 Å². The maximum Gasteiger partial charge on any atom is 0.138 e. The summed E-state index contributed by atoms with van der Waals surface area (Å²) in [5.41, 5.74) is 4.67. The van der Waals surface area contributed by atoms with Crippen molar-refractivity contribution in [2.45, 2.75) is 5.54 Å². The Bertz CT molecular complexity index is 1230. The fourth-order valence-corrected chi connectivity index (χ4v) is 4.91. The van der Waals surface area contributed by atoms with Crippen LogP contribution in [-0.4, -0.2) is 16.9 Å². The van der Waals surface area contributed by atoms with Gasteiger partial charge in [-0.2, -0.15) is 5.10 Å². The van der Waals surface area contributed by atoms with Crippen molar-refractivity contribution >= 4 is 15.9 Å². The van der Waals surface area contributed by atoms with Crippen molar-refractivity contribution in [2.24, 2.45) is 0 Å². The summed E-state index contributed by atoms with van der Waals surface area (Å²) >= 11 is 3.79. The summed E-state index contributed by atoms with van der Waals surface area (Å²) in [6.45, 7) is 0. The Kier molecular flexibility index (Phi) is 5.84. The summed E-state index contributed by atoms with van der Waals surface area (Å²) in [4.78, 5) is 0. The van der Waals surface area contributed by atoms with Crippen molar-refractivity contribution in [1.82, 2.24) is 9.78 Å². The van der Waals surface area contributed by atoms with Crippen LogP contribution in [0.4, 0.5) is 0 Å². The van der Waals surface area contributed by atoms with Crippen molar-refractivity contribution < 1.29 is 4.74 Å². The number of ether oxygens (including phenoxy) is 1. The first kappa shape index (κ1) is 21.2. The second-order valence-corrected chi connectivity index (χ2v) is 8.66. The van der Waals surface area contributed by atoms with Crippen LogP contribution < -0.4 is 4.74 Å². The zero-order chi connectivity index (χ0) is 22.7. The summed E-state index contributed by atoms with van der Waals surface area (Å²) in [6.07, 6.45) is 2.08. The van der Waals surface area contributed by atoms with Crippen LogP contribution in [0.15, 0.2) is 126 Å². The molecule has 1 heterocycles. The lowest BCUT2D eigenvalue weighted by Crippen LogP contribution is -2.38. The minimum absolute atomic E-state index is 0.642. The van der Waals surface area contributed by atoms with Crippen molar-refractivity contribution in [2.75, 3.05) is 7.11 Å². The Morgan fingerprint density at radius 2 is 1.12 bits per heavy atom. The van der Waals surface area contributed by atoms with Crippen molar-refractivity contribution in [3.63, 3.8) is 0 Å². The number of halogens is 1. The highest BCUT2D eigenvalue weighted by Crippen LogP contribution is 2.42. The first-order valence-corrected chi connectivity index (χ1v) is 11.6.